The molecule has 0 aliphatic carbocycles. The van der Waals surface area contributed by atoms with E-state index in [2.05, 4.69) is 41.8 Å². The van der Waals surface area contributed by atoms with Crippen molar-refractivity contribution in [2.24, 2.45) is 0 Å². The quantitative estimate of drug-likeness (QED) is 0.349. The van der Waals surface area contributed by atoms with Crippen molar-refractivity contribution in [2.75, 3.05) is 0 Å². The van der Waals surface area contributed by atoms with Crippen LogP contribution in [-0.4, -0.2) is 49.6 Å². The summed E-state index contributed by atoms with van der Waals surface area (Å²) < 4.78 is 12.4. The number of benzene rings is 1. The van der Waals surface area contributed by atoms with Gasteiger partial charge in [-0.2, -0.15) is 9.97 Å². The van der Waals surface area contributed by atoms with Gasteiger partial charge in [0.05, 0.1) is 12.2 Å². The first-order chi connectivity index (χ1) is 16.2. The molecule has 7 nitrogen and oxygen atoms in total. The summed E-state index contributed by atoms with van der Waals surface area (Å²) in [5, 5.41) is 19.9. The Morgan fingerprint density at radius 2 is 1.29 bits per heavy atom. The summed E-state index contributed by atoms with van der Waals surface area (Å²) >= 11 is 0. The van der Waals surface area contributed by atoms with E-state index in [1.165, 1.54) is 0 Å². The van der Waals surface area contributed by atoms with Crippen LogP contribution in [0.2, 0.25) is 0 Å². The van der Waals surface area contributed by atoms with E-state index in [0.717, 1.165) is 55.2 Å². The first-order valence-electron chi connectivity index (χ1n) is 12.7. The summed E-state index contributed by atoms with van der Waals surface area (Å²) in [5.41, 5.74) is 3.11. The predicted octanol–water partition coefficient (Wildman–Crippen LogP) is 5.57. The minimum absolute atomic E-state index is 0.199. The van der Waals surface area contributed by atoms with Crippen LogP contribution in [0.15, 0.2) is 18.2 Å². The van der Waals surface area contributed by atoms with Crippen LogP contribution in [0.3, 0.4) is 0 Å². The molecule has 0 fully saturated rings. The maximum absolute atomic E-state index is 9.95. The molecule has 0 radical (unpaired) electrons. The van der Waals surface area contributed by atoms with Crippen LogP contribution >= 0.6 is 0 Å². The van der Waals surface area contributed by atoms with Crippen molar-refractivity contribution >= 4 is 0 Å². The van der Waals surface area contributed by atoms with E-state index >= 15 is 0 Å². The molecule has 2 aromatic rings. The second-order valence-electron chi connectivity index (χ2n) is 9.48. The molecule has 34 heavy (non-hydrogen) atoms. The highest BCUT2D eigenvalue weighted by atomic mass is 16.5. The molecule has 0 aliphatic rings. The number of rotatable bonds is 15. The van der Waals surface area contributed by atoms with E-state index in [-0.39, 0.29) is 24.2 Å². The average molecular weight is 474 g/mol. The molecule has 0 bridgehead atoms. The van der Waals surface area contributed by atoms with Gasteiger partial charge in [-0.1, -0.05) is 63.3 Å². The summed E-state index contributed by atoms with van der Waals surface area (Å²) in [6.07, 6.45) is 5.31. The van der Waals surface area contributed by atoms with Crippen molar-refractivity contribution in [1.82, 2.24) is 15.0 Å². The summed E-state index contributed by atoms with van der Waals surface area (Å²) in [6.45, 7) is 11.9. The van der Waals surface area contributed by atoms with Crippen LogP contribution < -0.4 is 9.47 Å². The van der Waals surface area contributed by atoms with Crippen LogP contribution in [0.25, 0.3) is 11.4 Å². The Labute approximate surface area is 205 Å². The zero-order chi connectivity index (χ0) is 25.1. The van der Waals surface area contributed by atoms with Crippen LogP contribution in [0.5, 0.6) is 12.0 Å². The monoisotopic (exact) mass is 473 g/mol. The highest BCUT2D eigenvalue weighted by Gasteiger charge is 2.21. The molecule has 0 spiro atoms. The lowest BCUT2D eigenvalue weighted by molar-refractivity contribution is 0.0832. The normalized spacial score (nSPS) is 14.9. The number of hydrogen-bond donors (Lipinski definition) is 2. The Hall–Kier alpha value is -2.25. The van der Waals surface area contributed by atoms with Crippen molar-refractivity contribution in [3.8, 4) is 23.4 Å². The molecule has 7 heteroatoms. The van der Waals surface area contributed by atoms with E-state index < -0.39 is 12.2 Å². The maximum atomic E-state index is 9.95. The molecule has 0 aliphatic heterocycles. The molecule has 1 heterocycles. The molecule has 2 N–H and O–H groups in total. The molecule has 2 rings (SSSR count). The van der Waals surface area contributed by atoms with E-state index in [0.29, 0.717) is 18.7 Å². The van der Waals surface area contributed by atoms with Gasteiger partial charge in [0.2, 0.25) is 0 Å². The minimum Gasteiger partial charge on any atom is -0.460 e. The first-order valence-corrected chi connectivity index (χ1v) is 12.7. The minimum atomic E-state index is -0.484. The molecule has 1 aromatic carbocycles. The lowest BCUT2D eigenvalue weighted by atomic mass is 10.1. The molecule has 4 unspecified atom stereocenters. The highest BCUT2D eigenvalue weighted by molar-refractivity contribution is 5.60. The van der Waals surface area contributed by atoms with Gasteiger partial charge in [0.25, 0.3) is 0 Å². The fourth-order valence-electron chi connectivity index (χ4n) is 4.00. The van der Waals surface area contributed by atoms with Gasteiger partial charge >= 0.3 is 12.0 Å². The second kappa shape index (κ2) is 14.2. The third-order valence-electron chi connectivity index (χ3n) is 5.73. The SMILES string of the molecule is CCCCC(CC(C)O)Oc1nc(OC(CCCC)CC(C)O)nc(-c2ccc(C)cc2C)n1. The van der Waals surface area contributed by atoms with Gasteiger partial charge in [-0.05, 0) is 46.1 Å². The summed E-state index contributed by atoms with van der Waals surface area (Å²) in [5.74, 6) is 0.495. The van der Waals surface area contributed by atoms with E-state index in [9.17, 15) is 10.2 Å². The number of unbranched alkanes of at least 4 members (excludes halogenated alkanes) is 2. The molecule has 190 valence electrons. The number of hydrogen-bond acceptors (Lipinski definition) is 7. The van der Waals surface area contributed by atoms with Gasteiger partial charge in [0.1, 0.15) is 12.2 Å². The smallest absolute Gasteiger partial charge is 0.323 e. The zero-order valence-electron chi connectivity index (χ0n) is 21.8. The molecule has 0 amide bonds. The summed E-state index contributed by atoms with van der Waals surface area (Å²) in [4.78, 5) is 13.7. The Kier molecular flexibility index (Phi) is 11.7. The largest absolute Gasteiger partial charge is 0.460 e. The zero-order valence-corrected chi connectivity index (χ0v) is 21.8. The third-order valence-corrected chi connectivity index (χ3v) is 5.73. The van der Waals surface area contributed by atoms with Gasteiger partial charge in [0, 0.05) is 18.4 Å². The Morgan fingerprint density at radius 1 is 0.794 bits per heavy atom. The van der Waals surface area contributed by atoms with Crippen molar-refractivity contribution in [3.63, 3.8) is 0 Å². The Bertz CT molecular complexity index is 831. The molecule has 0 saturated carbocycles. The average Bonchev–Trinajstić information content (AvgIpc) is 2.75. The highest BCUT2D eigenvalue weighted by Crippen LogP contribution is 2.26. The Balaban J connectivity index is 2.43. The number of aliphatic hydroxyl groups excluding tert-OH is 2. The van der Waals surface area contributed by atoms with Crippen LogP contribution in [0, 0.1) is 13.8 Å². The lowest BCUT2D eigenvalue weighted by Crippen LogP contribution is -2.25. The number of ether oxygens (including phenoxy) is 2. The molecular formula is C27H43N3O4. The maximum Gasteiger partial charge on any atom is 0.323 e. The first kappa shape index (κ1) is 28.0. The standard InChI is InChI=1S/C27H43N3O4/c1-7-9-11-22(16-20(5)31)33-26-28-25(24-14-13-18(3)15-19(24)4)29-27(30-26)34-23(12-10-8-2)17-21(6)32/h13-15,20-23,31-32H,7-12,16-17H2,1-6H3. The number of aliphatic hydroxyl groups is 2. The van der Waals surface area contributed by atoms with Gasteiger partial charge in [-0.3, -0.25) is 0 Å². The number of aryl methyl sites for hydroxylation is 2. The summed E-state index contributed by atoms with van der Waals surface area (Å²) in [6, 6.07) is 6.53. The van der Waals surface area contributed by atoms with Crippen LogP contribution in [-0.2, 0) is 0 Å². The van der Waals surface area contributed by atoms with Crippen molar-refractivity contribution in [1.29, 1.82) is 0 Å². The molecule has 0 saturated heterocycles. The van der Waals surface area contributed by atoms with E-state index in [1.807, 2.05) is 19.1 Å². The van der Waals surface area contributed by atoms with Gasteiger partial charge < -0.3 is 19.7 Å². The van der Waals surface area contributed by atoms with Crippen LogP contribution in [0.1, 0.15) is 90.2 Å². The summed E-state index contributed by atoms with van der Waals surface area (Å²) in [7, 11) is 0. The molecule has 1 aromatic heterocycles. The topological polar surface area (TPSA) is 97.6 Å². The second-order valence-corrected chi connectivity index (χ2v) is 9.48. The van der Waals surface area contributed by atoms with Gasteiger partial charge in [-0.15, -0.1) is 4.98 Å². The van der Waals surface area contributed by atoms with Crippen molar-refractivity contribution < 1.29 is 19.7 Å². The van der Waals surface area contributed by atoms with Crippen LogP contribution in [0.4, 0.5) is 0 Å². The van der Waals surface area contributed by atoms with Gasteiger partial charge in [-0.25, -0.2) is 0 Å². The van der Waals surface area contributed by atoms with Crippen molar-refractivity contribution in [3.05, 3.63) is 29.3 Å². The molecular weight excluding hydrogens is 430 g/mol. The number of aromatic nitrogens is 3. The van der Waals surface area contributed by atoms with Crippen molar-refractivity contribution in [2.45, 2.75) is 117 Å². The molecule has 4 atom stereocenters. The third kappa shape index (κ3) is 9.55. The number of nitrogens with zero attached hydrogens (tertiary/aromatic N) is 3. The lowest BCUT2D eigenvalue weighted by Gasteiger charge is -2.21. The van der Waals surface area contributed by atoms with E-state index in [4.69, 9.17) is 9.47 Å². The fraction of sp³-hybridized carbons (Fsp3) is 0.667. The fourth-order valence-corrected chi connectivity index (χ4v) is 4.00. The van der Waals surface area contributed by atoms with Gasteiger partial charge in [0.15, 0.2) is 5.82 Å². The Morgan fingerprint density at radius 3 is 1.71 bits per heavy atom. The predicted molar refractivity (Wildman–Crippen MR) is 135 cm³/mol. The van der Waals surface area contributed by atoms with E-state index in [1.54, 1.807) is 13.8 Å².